The van der Waals surface area contributed by atoms with Crippen LogP contribution in [0.4, 0.5) is 11.4 Å². The minimum atomic E-state index is 0.229. The summed E-state index contributed by atoms with van der Waals surface area (Å²) in [6.45, 7) is 3.43. The first-order valence-electron chi connectivity index (χ1n) is 13.7. The van der Waals surface area contributed by atoms with Crippen molar-refractivity contribution in [3.05, 3.63) is 102 Å². The minimum Gasteiger partial charge on any atom is -0.491 e. The maximum Gasteiger partial charge on any atom is 0.119 e. The van der Waals surface area contributed by atoms with Gasteiger partial charge in [-0.3, -0.25) is 0 Å². The Balaban J connectivity index is 1.15. The summed E-state index contributed by atoms with van der Waals surface area (Å²) in [6.07, 6.45) is 2.42. The van der Waals surface area contributed by atoms with Gasteiger partial charge in [0.05, 0.1) is 44.0 Å². The third-order valence-corrected chi connectivity index (χ3v) is 7.31. The molecule has 7 heteroatoms. The summed E-state index contributed by atoms with van der Waals surface area (Å²) >= 11 is 0. The Morgan fingerprint density at radius 3 is 2.35 bits per heavy atom. The Labute approximate surface area is 233 Å². The van der Waals surface area contributed by atoms with Crippen molar-refractivity contribution in [2.24, 2.45) is 12.1 Å². The van der Waals surface area contributed by atoms with Gasteiger partial charge < -0.3 is 23.5 Å². The van der Waals surface area contributed by atoms with Crippen LogP contribution in [0.5, 0.6) is 5.75 Å². The van der Waals surface area contributed by atoms with Gasteiger partial charge in [0.15, 0.2) is 0 Å². The molecule has 7 nitrogen and oxygen atoms in total. The second kappa shape index (κ2) is 10.8. The van der Waals surface area contributed by atoms with Crippen molar-refractivity contribution >= 4 is 39.4 Å². The van der Waals surface area contributed by atoms with Crippen LogP contribution in [0.1, 0.15) is 11.1 Å². The normalized spacial score (nSPS) is 18.0. The van der Waals surface area contributed by atoms with Gasteiger partial charge in [0, 0.05) is 28.9 Å². The average Bonchev–Trinajstić information content (AvgIpc) is 3.93. The van der Waals surface area contributed by atoms with Crippen LogP contribution >= 0.6 is 0 Å². The van der Waals surface area contributed by atoms with Crippen molar-refractivity contribution < 1.29 is 18.9 Å². The lowest BCUT2D eigenvalue weighted by Gasteiger charge is -2.19. The topological polar surface area (TPSA) is 64.0 Å². The Kier molecular flexibility index (Phi) is 6.69. The van der Waals surface area contributed by atoms with Crippen LogP contribution in [-0.4, -0.2) is 49.4 Å². The quantitative estimate of drug-likeness (QED) is 0.115. The fourth-order valence-corrected chi connectivity index (χ4v) is 4.93. The molecule has 0 N–H and O–H groups in total. The lowest BCUT2D eigenvalue weighted by Crippen LogP contribution is -2.09. The zero-order valence-corrected chi connectivity index (χ0v) is 22.4. The zero-order chi connectivity index (χ0) is 26.9. The Morgan fingerprint density at radius 2 is 1.57 bits per heavy atom. The van der Waals surface area contributed by atoms with E-state index < -0.39 is 0 Å². The number of ether oxygens (including phenoxy) is 4. The van der Waals surface area contributed by atoms with Crippen LogP contribution < -0.4 is 9.75 Å². The lowest BCUT2D eigenvalue weighted by atomic mass is 10.1. The Morgan fingerprint density at radius 1 is 0.825 bits per heavy atom. The zero-order valence-electron chi connectivity index (χ0n) is 22.4. The number of rotatable bonds is 11. The predicted octanol–water partition coefficient (Wildman–Crippen LogP) is 6.20. The molecule has 40 heavy (non-hydrogen) atoms. The van der Waals surface area contributed by atoms with Crippen LogP contribution in [0.25, 0.3) is 21.8 Å². The van der Waals surface area contributed by atoms with Crippen molar-refractivity contribution in [2.75, 3.05) is 31.4 Å². The van der Waals surface area contributed by atoms with E-state index in [1.165, 1.54) is 21.9 Å². The number of epoxide rings is 2. The van der Waals surface area contributed by atoms with Gasteiger partial charge in [0.1, 0.15) is 24.6 Å². The summed E-state index contributed by atoms with van der Waals surface area (Å²) in [5.74, 6) is 0.823. The maximum atomic E-state index is 5.82. The summed E-state index contributed by atoms with van der Waals surface area (Å²) in [5.41, 5.74) is 6.48. The number of aromatic nitrogens is 1. The van der Waals surface area contributed by atoms with E-state index in [-0.39, 0.29) is 12.2 Å². The first-order valence-corrected chi connectivity index (χ1v) is 13.7. The molecule has 202 valence electrons. The fraction of sp³-hybridized carbons (Fsp3) is 0.242. The van der Waals surface area contributed by atoms with Crippen LogP contribution in [0, 0.1) is 0 Å². The van der Waals surface area contributed by atoms with Gasteiger partial charge in [-0.1, -0.05) is 36.4 Å². The average molecular weight is 534 g/mol. The van der Waals surface area contributed by atoms with Gasteiger partial charge in [0.25, 0.3) is 0 Å². The van der Waals surface area contributed by atoms with Crippen LogP contribution in [0.2, 0.25) is 0 Å². The molecule has 1 aromatic heterocycles. The molecule has 0 amide bonds. The van der Waals surface area contributed by atoms with Gasteiger partial charge in [-0.05, 0) is 65.7 Å². The van der Waals surface area contributed by atoms with Gasteiger partial charge in [-0.15, -0.1) is 0 Å². The number of hydrogen-bond acceptors (Lipinski definition) is 6. The Hall–Kier alpha value is -4.17. The molecule has 2 aliphatic heterocycles. The first-order chi connectivity index (χ1) is 19.7. The highest BCUT2D eigenvalue weighted by Gasteiger charge is 2.23. The number of fused-ring (bicyclic) bond motifs is 3. The molecule has 3 heterocycles. The molecule has 2 atom stereocenters. The van der Waals surface area contributed by atoms with E-state index in [2.05, 4.69) is 60.1 Å². The van der Waals surface area contributed by atoms with E-state index in [1.54, 1.807) is 0 Å². The highest BCUT2D eigenvalue weighted by Crippen LogP contribution is 2.31. The summed E-state index contributed by atoms with van der Waals surface area (Å²) in [6, 6.07) is 31.2. The first kappa shape index (κ1) is 24.8. The van der Waals surface area contributed by atoms with Crippen molar-refractivity contribution in [2.45, 2.75) is 18.8 Å². The van der Waals surface area contributed by atoms with Crippen molar-refractivity contribution in [1.29, 1.82) is 0 Å². The summed E-state index contributed by atoms with van der Waals surface area (Å²) < 4.78 is 24.4. The van der Waals surface area contributed by atoms with Gasteiger partial charge >= 0.3 is 0 Å². The number of aryl methyl sites for hydroxylation is 1. The fourth-order valence-electron chi connectivity index (χ4n) is 4.93. The van der Waals surface area contributed by atoms with Gasteiger partial charge in [0.2, 0.25) is 0 Å². The van der Waals surface area contributed by atoms with E-state index in [4.69, 9.17) is 24.0 Å². The molecule has 0 radical (unpaired) electrons. The summed E-state index contributed by atoms with van der Waals surface area (Å²) in [4.78, 5) is 0. The summed E-state index contributed by atoms with van der Waals surface area (Å²) in [7, 11) is 2.11. The molecule has 2 fully saturated rings. The van der Waals surface area contributed by atoms with Crippen molar-refractivity contribution in [3.63, 3.8) is 0 Å². The molecule has 0 saturated carbocycles. The Bertz CT molecular complexity index is 1650. The molecule has 2 aliphatic rings. The molecule has 0 aliphatic carbocycles. The molecule has 7 rings (SSSR count). The van der Waals surface area contributed by atoms with Crippen LogP contribution in [0.3, 0.4) is 0 Å². The van der Waals surface area contributed by atoms with E-state index in [1.807, 2.05) is 53.7 Å². The van der Waals surface area contributed by atoms with Crippen LogP contribution in [0.15, 0.2) is 96.1 Å². The predicted molar refractivity (Wildman–Crippen MR) is 158 cm³/mol. The smallest absolute Gasteiger partial charge is 0.119 e. The summed E-state index contributed by atoms with van der Waals surface area (Å²) in [5, 5.41) is 9.31. The van der Waals surface area contributed by atoms with E-state index in [0.29, 0.717) is 19.8 Å². The SMILES string of the molecule is Cn1c2ccc(COCC3CO3)cc2c2ccc(C=NN(c3ccccc3)c3ccc(OC[C@H]4CO4)cc3)cc21. The second-order valence-electron chi connectivity index (χ2n) is 10.3. The van der Waals surface area contributed by atoms with Crippen molar-refractivity contribution in [1.82, 2.24) is 4.57 Å². The second-order valence-corrected chi connectivity index (χ2v) is 10.3. The van der Waals surface area contributed by atoms with Gasteiger partial charge in [-0.2, -0.15) is 5.10 Å². The minimum absolute atomic E-state index is 0.229. The van der Waals surface area contributed by atoms with Crippen molar-refractivity contribution in [3.8, 4) is 5.75 Å². The molecular weight excluding hydrogens is 502 g/mol. The highest BCUT2D eigenvalue weighted by atomic mass is 16.6. The maximum absolute atomic E-state index is 5.82. The number of para-hydroxylation sites is 1. The number of nitrogens with zero attached hydrogens (tertiary/aromatic N) is 3. The highest BCUT2D eigenvalue weighted by molar-refractivity contribution is 6.09. The molecule has 5 aromatic rings. The van der Waals surface area contributed by atoms with E-state index >= 15 is 0 Å². The molecular formula is C33H31N3O4. The number of hydrogen-bond donors (Lipinski definition) is 0. The third kappa shape index (κ3) is 5.45. The monoisotopic (exact) mass is 533 g/mol. The molecule has 0 spiro atoms. The molecule has 1 unspecified atom stereocenters. The molecule has 0 bridgehead atoms. The van der Waals surface area contributed by atoms with E-state index in [0.717, 1.165) is 41.4 Å². The van der Waals surface area contributed by atoms with Gasteiger partial charge in [-0.25, -0.2) is 5.01 Å². The number of hydrazone groups is 1. The lowest BCUT2D eigenvalue weighted by molar-refractivity contribution is 0.104. The third-order valence-electron chi connectivity index (χ3n) is 7.31. The van der Waals surface area contributed by atoms with Crippen LogP contribution in [-0.2, 0) is 27.9 Å². The standard InChI is InChI=1S/C33H31N3O4/c1-35-32-14-8-24(18-37-19-28-20-39-28)15-31(32)30-13-7-23(16-33(30)35)17-34-36(25-5-3-2-4-6-25)26-9-11-27(12-10-26)38-21-29-22-40-29/h2-17,28-29H,18-22H2,1H3/t28?,29-/m0/s1. The number of benzene rings is 4. The molecule has 2 saturated heterocycles. The van der Waals surface area contributed by atoms with E-state index in [9.17, 15) is 0 Å². The number of anilines is 2. The molecule has 4 aromatic carbocycles. The largest absolute Gasteiger partial charge is 0.491 e.